The molecule has 122 valence electrons. The second-order valence-electron chi connectivity index (χ2n) is 7.20. The zero-order valence-electron chi connectivity index (χ0n) is 13.6. The number of anilines is 1. The smallest absolute Gasteiger partial charge is 0.230 e. The SMILES string of the molecule is CCOc1ccc2[nH]cc(NC(=O)C3(C)CC4(COC4)C3)c2c1. The number of fused-ring (bicyclic) bond motifs is 1. The lowest BCUT2D eigenvalue weighted by Crippen LogP contribution is -2.60. The van der Waals surface area contributed by atoms with Crippen LogP contribution in [0.1, 0.15) is 26.7 Å². The van der Waals surface area contributed by atoms with Crippen molar-refractivity contribution in [2.75, 3.05) is 25.1 Å². The highest BCUT2D eigenvalue weighted by atomic mass is 16.5. The van der Waals surface area contributed by atoms with E-state index in [9.17, 15) is 4.79 Å². The van der Waals surface area contributed by atoms with E-state index in [0.717, 1.165) is 48.4 Å². The Hall–Kier alpha value is -2.01. The van der Waals surface area contributed by atoms with Gasteiger partial charge in [0.25, 0.3) is 0 Å². The Morgan fingerprint density at radius 2 is 2.17 bits per heavy atom. The number of rotatable bonds is 4. The lowest BCUT2D eigenvalue weighted by molar-refractivity contribution is -0.205. The van der Waals surface area contributed by atoms with Crippen LogP contribution in [0.25, 0.3) is 10.9 Å². The number of carbonyl (C=O) groups is 1. The maximum Gasteiger partial charge on any atom is 0.230 e. The molecule has 2 aliphatic rings. The van der Waals surface area contributed by atoms with Gasteiger partial charge in [-0.05, 0) is 38.0 Å². The van der Waals surface area contributed by atoms with Gasteiger partial charge in [-0.1, -0.05) is 6.92 Å². The number of aromatic amines is 1. The minimum absolute atomic E-state index is 0.0951. The van der Waals surface area contributed by atoms with E-state index in [1.807, 2.05) is 38.2 Å². The molecule has 1 saturated carbocycles. The average Bonchev–Trinajstić information content (AvgIpc) is 2.85. The van der Waals surface area contributed by atoms with Crippen molar-refractivity contribution in [3.8, 4) is 5.75 Å². The van der Waals surface area contributed by atoms with Gasteiger partial charge in [-0.2, -0.15) is 0 Å². The molecule has 0 atom stereocenters. The number of nitrogens with one attached hydrogen (secondary N) is 2. The van der Waals surface area contributed by atoms with Gasteiger partial charge in [0.2, 0.25) is 5.91 Å². The molecule has 23 heavy (non-hydrogen) atoms. The van der Waals surface area contributed by atoms with Crippen molar-refractivity contribution in [3.05, 3.63) is 24.4 Å². The van der Waals surface area contributed by atoms with Gasteiger partial charge in [0, 0.05) is 27.9 Å². The first kappa shape index (κ1) is 14.6. The van der Waals surface area contributed by atoms with Gasteiger partial charge >= 0.3 is 0 Å². The number of benzene rings is 1. The van der Waals surface area contributed by atoms with Crippen molar-refractivity contribution in [1.29, 1.82) is 0 Å². The van der Waals surface area contributed by atoms with E-state index in [1.54, 1.807) is 0 Å². The number of aromatic nitrogens is 1. The van der Waals surface area contributed by atoms with Crippen LogP contribution in [-0.2, 0) is 9.53 Å². The Morgan fingerprint density at radius 3 is 2.83 bits per heavy atom. The number of hydrogen-bond donors (Lipinski definition) is 2. The summed E-state index contributed by atoms with van der Waals surface area (Å²) in [5.41, 5.74) is 1.80. The van der Waals surface area contributed by atoms with E-state index in [-0.39, 0.29) is 16.7 Å². The number of carbonyl (C=O) groups excluding carboxylic acids is 1. The zero-order chi connectivity index (χ0) is 16.1. The minimum atomic E-state index is -0.287. The molecule has 2 aromatic rings. The number of H-pyrrole nitrogens is 1. The highest BCUT2D eigenvalue weighted by Crippen LogP contribution is 2.58. The van der Waals surface area contributed by atoms with E-state index < -0.39 is 0 Å². The second-order valence-corrected chi connectivity index (χ2v) is 7.20. The predicted octanol–water partition coefficient (Wildman–Crippen LogP) is 3.32. The summed E-state index contributed by atoms with van der Waals surface area (Å²) in [6.07, 6.45) is 3.68. The van der Waals surface area contributed by atoms with Crippen LogP contribution in [-0.4, -0.2) is 30.7 Å². The Bertz CT molecular complexity index is 753. The van der Waals surface area contributed by atoms with Gasteiger partial charge in [-0.3, -0.25) is 4.79 Å². The van der Waals surface area contributed by atoms with E-state index in [2.05, 4.69) is 10.3 Å². The van der Waals surface area contributed by atoms with Crippen LogP contribution in [0.4, 0.5) is 5.69 Å². The van der Waals surface area contributed by atoms with Crippen molar-refractivity contribution < 1.29 is 14.3 Å². The first-order chi connectivity index (χ1) is 11.0. The summed E-state index contributed by atoms with van der Waals surface area (Å²) >= 11 is 0. The van der Waals surface area contributed by atoms with Crippen LogP contribution < -0.4 is 10.1 Å². The molecule has 1 saturated heterocycles. The summed E-state index contributed by atoms with van der Waals surface area (Å²) in [5, 5.41) is 4.08. The van der Waals surface area contributed by atoms with E-state index in [4.69, 9.17) is 9.47 Å². The van der Waals surface area contributed by atoms with E-state index >= 15 is 0 Å². The first-order valence-electron chi connectivity index (χ1n) is 8.17. The lowest BCUT2D eigenvalue weighted by Gasteiger charge is -2.58. The molecule has 1 aliphatic heterocycles. The molecule has 0 bridgehead atoms. The van der Waals surface area contributed by atoms with Gasteiger partial charge in [0.15, 0.2) is 0 Å². The molecule has 2 heterocycles. The third-order valence-electron chi connectivity index (χ3n) is 5.11. The average molecular weight is 314 g/mol. The molecule has 2 N–H and O–H groups in total. The van der Waals surface area contributed by atoms with Gasteiger partial charge in [0.1, 0.15) is 5.75 Å². The molecule has 5 heteroatoms. The first-order valence-corrected chi connectivity index (χ1v) is 8.17. The van der Waals surface area contributed by atoms with E-state index in [0.29, 0.717) is 6.61 Å². The maximum atomic E-state index is 12.7. The van der Waals surface area contributed by atoms with Crippen molar-refractivity contribution in [1.82, 2.24) is 4.98 Å². The van der Waals surface area contributed by atoms with Gasteiger partial charge in [-0.15, -0.1) is 0 Å². The Morgan fingerprint density at radius 1 is 1.39 bits per heavy atom. The predicted molar refractivity (Wildman–Crippen MR) is 88.7 cm³/mol. The van der Waals surface area contributed by atoms with Gasteiger partial charge in [-0.25, -0.2) is 0 Å². The standard InChI is InChI=1S/C18H22N2O3/c1-3-23-12-4-5-14-13(6-12)15(7-19-14)20-16(21)17(2)8-18(9-17)10-22-11-18/h4-7,19H,3,8-11H2,1-2H3,(H,20,21). The van der Waals surface area contributed by atoms with Crippen LogP contribution in [0.5, 0.6) is 5.75 Å². The fourth-order valence-electron chi connectivity index (χ4n) is 4.09. The Labute approximate surface area is 135 Å². The van der Waals surface area contributed by atoms with Crippen LogP contribution in [0, 0.1) is 10.8 Å². The van der Waals surface area contributed by atoms with E-state index in [1.165, 1.54) is 0 Å². The highest BCUT2D eigenvalue weighted by Gasteiger charge is 2.59. The summed E-state index contributed by atoms with van der Waals surface area (Å²) in [6.45, 7) is 6.25. The van der Waals surface area contributed by atoms with Crippen LogP contribution in [0.15, 0.2) is 24.4 Å². The fourth-order valence-corrected chi connectivity index (χ4v) is 4.09. The summed E-state index contributed by atoms with van der Waals surface area (Å²) in [5.74, 6) is 0.910. The summed E-state index contributed by atoms with van der Waals surface area (Å²) in [4.78, 5) is 15.9. The fraction of sp³-hybridized carbons (Fsp3) is 0.500. The third-order valence-corrected chi connectivity index (χ3v) is 5.11. The minimum Gasteiger partial charge on any atom is -0.494 e. The molecule has 2 fully saturated rings. The molecule has 1 amide bonds. The lowest BCUT2D eigenvalue weighted by atomic mass is 9.52. The van der Waals surface area contributed by atoms with Crippen LogP contribution >= 0.6 is 0 Å². The van der Waals surface area contributed by atoms with Crippen LogP contribution in [0.3, 0.4) is 0 Å². The highest BCUT2D eigenvalue weighted by molar-refractivity contribution is 6.04. The molecular weight excluding hydrogens is 292 g/mol. The number of ether oxygens (including phenoxy) is 2. The van der Waals surface area contributed by atoms with Gasteiger partial charge < -0.3 is 19.8 Å². The topological polar surface area (TPSA) is 63.3 Å². The Balaban J connectivity index is 1.53. The van der Waals surface area contributed by atoms with Crippen molar-refractivity contribution in [3.63, 3.8) is 0 Å². The van der Waals surface area contributed by atoms with Crippen molar-refractivity contribution in [2.45, 2.75) is 26.7 Å². The molecule has 1 aromatic heterocycles. The van der Waals surface area contributed by atoms with Crippen LogP contribution in [0.2, 0.25) is 0 Å². The Kier molecular flexibility index (Phi) is 3.17. The molecular formula is C18H22N2O3. The molecule has 5 nitrogen and oxygen atoms in total. The molecule has 0 unspecified atom stereocenters. The molecule has 1 spiro atoms. The maximum absolute atomic E-state index is 12.7. The third kappa shape index (κ3) is 2.30. The summed E-state index contributed by atoms with van der Waals surface area (Å²) in [7, 11) is 0. The molecule has 4 rings (SSSR count). The summed E-state index contributed by atoms with van der Waals surface area (Å²) < 4.78 is 10.9. The molecule has 0 radical (unpaired) electrons. The van der Waals surface area contributed by atoms with Crippen molar-refractivity contribution >= 4 is 22.5 Å². The monoisotopic (exact) mass is 314 g/mol. The summed E-state index contributed by atoms with van der Waals surface area (Å²) in [6, 6.07) is 5.87. The largest absolute Gasteiger partial charge is 0.494 e. The number of hydrogen-bond acceptors (Lipinski definition) is 3. The quantitative estimate of drug-likeness (QED) is 0.910. The molecule has 1 aromatic carbocycles. The van der Waals surface area contributed by atoms with Gasteiger partial charge in [0.05, 0.1) is 25.5 Å². The zero-order valence-corrected chi connectivity index (χ0v) is 13.6. The second kappa shape index (κ2) is 4.99. The van der Waals surface area contributed by atoms with Crippen molar-refractivity contribution in [2.24, 2.45) is 10.8 Å². The molecule has 1 aliphatic carbocycles. The normalized spacial score (nSPS) is 20.8. The number of amides is 1.